The van der Waals surface area contributed by atoms with E-state index in [9.17, 15) is 13.2 Å². The van der Waals surface area contributed by atoms with Crippen LogP contribution in [-0.2, 0) is 21.4 Å². The molecule has 1 amide bonds. The third-order valence-electron chi connectivity index (χ3n) is 5.89. The van der Waals surface area contributed by atoms with Crippen LogP contribution >= 0.6 is 11.8 Å². The third kappa shape index (κ3) is 3.17. The fraction of sp³-hybridized carbons (Fsp3) is 0.611. The van der Waals surface area contributed by atoms with Crippen LogP contribution in [0.4, 0.5) is 0 Å². The first-order chi connectivity index (χ1) is 12.5. The number of thioether (sulfide) groups is 1. The second-order valence-electron chi connectivity index (χ2n) is 7.39. The maximum atomic E-state index is 12.8. The maximum absolute atomic E-state index is 12.8. The third-order valence-corrected chi connectivity index (χ3v) is 8.86. The van der Waals surface area contributed by atoms with E-state index in [4.69, 9.17) is 5.73 Å². The highest BCUT2D eigenvalue weighted by Gasteiger charge is 2.41. The first-order valence-electron chi connectivity index (χ1n) is 9.20. The molecule has 1 aromatic rings. The smallest absolute Gasteiger partial charge is 0.243 e. The lowest BCUT2D eigenvalue weighted by atomic mass is 9.81. The van der Waals surface area contributed by atoms with Gasteiger partial charge in [0.1, 0.15) is 0 Å². The van der Waals surface area contributed by atoms with Gasteiger partial charge in [-0.2, -0.15) is 4.31 Å². The summed E-state index contributed by atoms with van der Waals surface area (Å²) in [7, 11) is -3.39. The normalized spacial score (nSPS) is 29.5. The monoisotopic (exact) mass is 395 g/mol. The highest BCUT2D eigenvalue weighted by atomic mass is 32.2. The van der Waals surface area contributed by atoms with Crippen molar-refractivity contribution in [3.63, 3.8) is 0 Å². The van der Waals surface area contributed by atoms with E-state index in [0.717, 1.165) is 49.4 Å². The first kappa shape index (κ1) is 18.3. The zero-order valence-electron chi connectivity index (χ0n) is 14.7. The molecule has 2 heterocycles. The first-order valence-corrected chi connectivity index (χ1v) is 11.8. The highest BCUT2D eigenvalue weighted by Crippen LogP contribution is 2.38. The minimum atomic E-state index is -3.39. The maximum Gasteiger partial charge on any atom is 0.243 e. The molecular weight excluding hydrogens is 370 g/mol. The number of nitrogens with two attached hydrogens (primary N) is 1. The van der Waals surface area contributed by atoms with Crippen molar-refractivity contribution in [2.45, 2.75) is 49.2 Å². The van der Waals surface area contributed by atoms with Gasteiger partial charge in [0.15, 0.2) is 0 Å². The molecule has 0 radical (unpaired) electrons. The molecule has 6 nitrogen and oxygen atoms in total. The number of nitrogens with zero attached hydrogens (tertiary/aromatic N) is 2. The van der Waals surface area contributed by atoms with Crippen molar-refractivity contribution in [2.75, 3.05) is 18.2 Å². The van der Waals surface area contributed by atoms with Gasteiger partial charge in [-0.25, -0.2) is 8.42 Å². The van der Waals surface area contributed by atoms with Gasteiger partial charge in [-0.05, 0) is 43.2 Å². The minimum Gasteiger partial charge on any atom is -0.331 e. The van der Waals surface area contributed by atoms with Crippen LogP contribution in [0, 0.1) is 5.92 Å². The van der Waals surface area contributed by atoms with Crippen molar-refractivity contribution in [1.29, 1.82) is 0 Å². The van der Waals surface area contributed by atoms with Gasteiger partial charge in [0.2, 0.25) is 15.9 Å². The average molecular weight is 396 g/mol. The molecule has 1 saturated carbocycles. The van der Waals surface area contributed by atoms with Gasteiger partial charge < -0.3 is 10.6 Å². The van der Waals surface area contributed by atoms with Crippen molar-refractivity contribution >= 4 is 27.7 Å². The summed E-state index contributed by atoms with van der Waals surface area (Å²) in [4.78, 5) is 14.8. The summed E-state index contributed by atoms with van der Waals surface area (Å²) in [5, 5.41) is 0. The summed E-state index contributed by atoms with van der Waals surface area (Å²) in [6.45, 7) is 1.25. The van der Waals surface area contributed by atoms with Gasteiger partial charge in [0, 0.05) is 24.9 Å². The van der Waals surface area contributed by atoms with Crippen molar-refractivity contribution in [3.8, 4) is 0 Å². The second-order valence-corrected chi connectivity index (χ2v) is 10.3. The van der Waals surface area contributed by atoms with Gasteiger partial charge in [0.25, 0.3) is 0 Å². The standard InChI is InChI=1S/C18H25N3O3S2/c19-17(18(22)20-9-10-25-12-20)13-5-7-15(8-6-13)21-11-14-3-1-2-4-16(14)26(21,23)24/h1-4,13,15,17H,5-12,19H2/t13?,15?,17-/m0/s1. The predicted octanol–water partition coefficient (Wildman–Crippen LogP) is 1.61. The van der Waals surface area contributed by atoms with Gasteiger partial charge in [-0.15, -0.1) is 11.8 Å². The second kappa shape index (κ2) is 7.14. The molecule has 3 aliphatic rings. The molecule has 0 spiro atoms. The lowest BCUT2D eigenvalue weighted by Gasteiger charge is -2.36. The number of hydrogen-bond donors (Lipinski definition) is 1. The molecule has 2 fully saturated rings. The summed E-state index contributed by atoms with van der Waals surface area (Å²) in [6.07, 6.45) is 3.16. The van der Waals surface area contributed by atoms with E-state index in [1.54, 1.807) is 28.2 Å². The lowest BCUT2D eigenvalue weighted by Crippen LogP contribution is -2.49. The fourth-order valence-electron chi connectivity index (χ4n) is 4.34. The number of sulfonamides is 1. The Hall–Kier alpha value is -1.09. The zero-order valence-corrected chi connectivity index (χ0v) is 16.3. The summed E-state index contributed by atoms with van der Waals surface area (Å²) in [6, 6.07) is 6.80. The van der Waals surface area contributed by atoms with Crippen molar-refractivity contribution < 1.29 is 13.2 Å². The van der Waals surface area contributed by atoms with Crippen LogP contribution in [0.15, 0.2) is 29.2 Å². The molecule has 1 aromatic carbocycles. The Balaban J connectivity index is 1.39. The lowest BCUT2D eigenvalue weighted by molar-refractivity contribution is -0.132. The molecule has 26 heavy (non-hydrogen) atoms. The summed E-state index contributed by atoms with van der Waals surface area (Å²) < 4.78 is 27.3. The van der Waals surface area contributed by atoms with Crippen LogP contribution in [-0.4, -0.2) is 53.8 Å². The largest absolute Gasteiger partial charge is 0.331 e. The van der Waals surface area contributed by atoms with Crippen LogP contribution in [0.5, 0.6) is 0 Å². The van der Waals surface area contributed by atoms with Crippen LogP contribution in [0.25, 0.3) is 0 Å². The van der Waals surface area contributed by atoms with Crippen LogP contribution in [0.3, 0.4) is 0 Å². The van der Waals surface area contributed by atoms with Gasteiger partial charge in [0.05, 0.1) is 16.8 Å². The van der Waals surface area contributed by atoms with Gasteiger partial charge in [-0.3, -0.25) is 4.79 Å². The van der Waals surface area contributed by atoms with E-state index in [1.165, 1.54) is 0 Å². The molecule has 0 unspecified atom stereocenters. The van der Waals surface area contributed by atoms with Gasteiger partial charge >= 0.3 is 0 Å². The van der Waals surface area contributed by atoms with E-state index < -0.39 is 16.1 Å². The fourth-order valence-corrected chi connectivity index (χ4v) is 7.17. The van der Waals surface area contributed by atoms with Crippen LogP contribution < -0.4 is 5.73 Å². The molecule has 1 atom stereocenters. The van der Waals surface area contributed by atoms with E-state index >= 15 is 0 Å². The van der Waals surface area contributed by atoms with Crippen LogP contribution in [0.1, 0.15) is 31.2 Å². The molecule has 2 N–H and O–H groups in total. The Morgan fingerprint density at radius 2 is 1.92 bits per heavy atom. The van der Waals surface area contributed by atoms with E-state index in [1.807, 2.05) is 17.0 Å². The molecule has 8 heteroatoms. The van der Waals surface area contributed by atoms with Crippen molar-refractivity contribution in [2.24, 2.45) is 11.7 Å². The Labute approximate surface area is 159 Å². The molecule has 2 aliphatic heterocycles. The van der Waals surface area contributed by atoms with Crippen LogP contribution in [0.2, 0.25) is 0 Å². The molecule has 1 aliphatic carbocycles. The van der Waals surface area contributed by atoms with E-state index in [0.29, 0.717) is 11.4 Å². The van der Waals surface area contributed by atoms with Gasteiger partial charge in [-0.1, -0.05) is 18.2 Å². The van der Waals surface area contributed by atoms with E-state index in [-0.39, 0.29) is 17.9 Å². The predicted molar refractivity (Wildman–Crippen MR) is 102 cm³/mol. The number of amides is 1. The average Bonchev–Trinajstić information content (AvgIpc) is 3.28. The topological polar surface area (TPSA) is 83.7 Å². The Bertz CT molecular complexity index is 785. The quantitative estimate of drug-likeness (QED) is 0.841. The Kier molecular flexibility index (Phi) is 5.02. The number of fused-ring (bicyclic) bond motifs is 1. The molecule has 0 bridgehead atoms. The minimum absolute atomic E-state index is 0.00768. The Morgan fingerprint density at radius 3 is 2.58 bits per heavy atom. The number of carbonyl (C=O) groups excluding carboxylic acids is 1. The number of benzene rings is 1. The molecule has 4 rings (SSSR count). The number of rotatable bonds is 3. The van der Waals surface area contributed by atoms with E-state index in [2.05, 4.69) is 0 Å². The highest BCUT2D eigenvalue weighted by molar-refractivity contribution is 7.99. The van der Waals surface area contributed by atoms with Crippen molar-refractivity contribution in [1.82, 2.24) is 9.21 Å². The SMILES string of the molecule is N[C@H](C(=O)N1CCSC1)C1CCC(N2Cc3ccccc3S2(=O)=O)CC1. The zero-order chi connectivity index (χ0) is 18.3. The number of carbonyl (C=O) groups is 1. The molecule has 1 saturated heterocycles. The molecule has 142 valence electrons. The molecular formula is C18H25N3O3S2. The Morgan fingerprint density at radius 1 is 1.19 bits per heavy atom. The summed E-state index contributed by atoms with van der Waals surface area (Å²) >= 11 is 1.76. The molecule has 0 aromatic heterocycles. The van der Waals surface area contributed by atoms with Crippen molar-refractivity contribution in [3.05, 3.63) is 29.8 Å². The summed E-state index contributed by atoms with van der Waals surface area (Å²) in [5.74, 6) is 1.93. The summed E-state index contributed by atoms with van der Waals surface area (Å²) in [5.41, 5.74) is 7.14. The number of hydrogen-bond acceptors (Lipinski definition) is 5.